The molecule has 2 aliphatic rings. The third-order valence-corrected chi connectivity index (χ3v) is 4.76. The van der Waals surface area contributed by atoms with E-state index in [9.17, 15) is 4.79 Å². The zero-order valence-electron chi connectivity index (χ0n) is 13.9. The molecular formula is C19H17ClN4O2. The molecule has 0 radical (unpaired) electrons. The zero-order chi connectivity index (χ0) is 18.1. The molecule has 2 N–H and O–H groups in total. The Bertz CT molecular complexity index is 958. The monoisotopic (exact) mass is 368 g/mol. The van der Waals surface area contributed by atoms with Gasteiger partial charge in [0.25, 0.3) is 0 Å². The number of hydrogen-bond donors (Lipinski definition) is 2. The number of H-pyrrole nitrogens is 1. The number of carbonyl (C=O) groups is 1. The van der Waals surface area contributed by atoms with Gasteiger partial charge >= 0.3 is 5.97 Å². The van der Waals surface area contributed by atoms with Crippen LogP contribution < -0.4 is 0 Å². The van der Waals surface area contributed by atoms with Crippen molar-refractivity contribution < 1.29 is 9.90 Å². The Labute approximate surface area is 155 Å². The van der Waals surface area contributed by atoms with Gasteiger partial charge in [-0.15, -0.1) is 0 Å². The van der Waals surface area contributed by atoms with Crippen molar-refractivity contribution in [1.82, 2.24) is 19.9 Å². The Balaban J connectivity index is 1.41. The second-order valence-electron chi connectivity index (χ2n) is 6.32. The number of aromatic carboxylic acids is 1. The van der Waals surface area contributed by atoms with E-state index in [1.54, 1.807) is 12.3 Å². The van der Waals surface area contributed by atoms with Crippen LogP contribution in [-0.4, -0.2) is 44.0 Å². The molecule has 0 spiro atoms. The van der Waals surface area contributed by atoms with Crippen molar-refractivity contribution in [3.05, 3.63) is 70.4 Å². The number of aromatic amines is 1. The summed E-state index contributed by atoms with van der Waals surface area (Å²) in [6.07, 6.45) is 11.1. The summed E-state index contributed by atoms with van der Waals surface area (Å²) in [6, 6.07) is 3.01. The first-order valence-corrected chi connectivity index (χ1v) is 8.71. The number of hydrogen-bond acceptors (Lipinski definition) is 4. The SMILES string of the molecule is O=C(O)c1ccnc(-c2cnc(CCN3C=C4CC=C(Cl)C=C4C3)[nH]2)c1. The van der Waals surface area contributed by atoms with Crippen LogP contribution in [0.1, 0.15) is 22.6 Å². The molecule has 0 fully saturated rings. The van der Waals surface area contributed by atoms with Gasteiger partial charge in [0, 0.05) is 36.9 Å². The van der Waals surface area contributed by atoms with Crippen molar-refractivity contribution in [3.63, 3.8) is 0 Å². The molecule has 2 aromatic rings. The molecule has 0 bridgehead atoms. The van der Waals surface area contributed by atoms with E-state index < -0.39 is 5.97 Å². The molecule has 132 valence electrons. The van der Waals surface area contributed by atoms with E-state index >= 15 is 0 Å². The lowest BCUT2D eigenvalue weighted by Crippen LogP contribution is -2.18. The van der Waals surface area contributed by atoms with Crippen LogP contribution >= 0.6 is 11.6 Å². The van der Waals surface area contributed by atoms with Gasteiger partial charge < -0.3 is 15.0 Å². The molecule has 0 saturated carbocycles. The first-order valence-electron chi connectivity index (χ1n) is 8.33. The maximum atomic E-state index is 11.1. The molecular weight excluding hydrogens is 352 g/mol. The fourth-order valence-electron chi connectivity index (χ4n) is 3.15. The minimum atomic E-state index is -0.971. The summed E-state index contributed by atoms with van der Waals surface area (Å²) in [5, 5.41) is 9.90. The minimum Gasteiger partial charge on any atom is -0.478 e. The van der Waals surface area contributed by atoms with E-state index in [-0.39, 0.29) is 5.56 Å². The number of halogens is 1. The van der Waals surface area contributed by atoms with Crippen LogP contribution in [0, 0.1) is 0 Å². The summed E-state index contributed by atoms with van der Waals surface area (Å²) in [6.45, 7) is 1.71. The van der Waals surface area contributed by atoms with Crippen LogP contribution in [0.4, 0.5) is 0 Å². The molecule has 0 aromatic carbocycles. The van der Waals surface area contributed by atoms with Crippen LogP contribution in [0.5, 0.6) is 0 Å². The van der Waals surface area contributed by atoms with Gasteiger partial charge in [-0.1, -0.05) is 17.7 Å². The lowest BCUT2D eigenvalue weighted by Gasteiger charge is -2.14. The molecule has 6 nitrogen and oxygen atoms in total. The van der Waals surface area contributed by atoms with Crippen molar-refractivity contribution in [2.24, 2.45) is 0 Å². The van der Waals surface area contributed by atoms with E-state index in [4.69, 9.17) is 16.7 Å². The maximum Gasteiger partial charge on any atom is 0.335 e. The van der Waals surface area contributed by atoms with Crippen LogP contribution in [-0.2, 0) is 6.42 Å². The molecule has 0 amide bonds. The van der Waals surface area contributed by atoms with Crippen LogP contribution in [0.2, 0.25) is 0 Å². The first kappa shape index (κ1) is 16.6. The van der Waals surface area contributed by atoms with Gasteiger partial charge in [-0.25, -0.2) is 9.78 Å². The summed E-state index contributed by atoms with van der Waals surface area (Å²) >= 11 is 6.08. The molecule has 0 saturated heterocycles. The number of imidazole rings is 1. The van der Waals surface area contributed by atoms with Gasteiger partial charge in [0.2, 0.25) is 0 Å². The largest absolute Gasteiger partial charge is 0.478 e. The first-order chi connectivity index (χ1) is 12.6. The zero-order valence-corrected chi connectivity index (χ0v) is 14.7. The average molecular weight is 369 g/mol. The van der Waals surface area contributed by atoms with Gasteiger partial charge in [-0.3, -0.25) is 4.98 Å². The number of nitrogens with zero attached hydrogens (tertiary/aromatic N) is 3. The van der Waals surface area contributed by atoms with Gasteiger partial charge in [0.15, 0.2) is 0 Å². The summed E-state index contributed by atoms with van der Waals surface area (Å²) in [5.41, 5.74) is 4.11. The van der Waals surface area contributed by atoms with Gasteiger partial charge in [-0.05, 0) is 35.8 Å². The smallest absolute Gasteiger partial charge is 0.335 e. The highest BCUT2D eigenvalue weighted by Gasteiger charge is 2.20. The Morgan fingerprint density at radius 1 is 1.35 bits per heavy atom. The Hall–Kier alpha value is -2.86. The normalized spacial score (nSPS) is 16.0. The average Bonchev–Trinajstić information content (AvgIpc) is 3.26. The molecule has 0 atom stereocenters. The highest BCUT2D eigenvalue weighted by Crippen LogP contribution is 2.30. The van der Waals surface area contributed by atoms with Crippen molar-refractivity contribution in [2.45, 2.75) is 12.8 Å². The third kappa shape index (κ3) is 3.41. The molecule has 1 aliphatic heterocycles. The number of carboxylic acid groups (broad SMARTS) is 1. The lowest BCUT2D eigenvalue weighted by molar-refractivity contribution is 0.0697. The fraction of sp³-hybridized carbons (Fsp3) is 0.211. The number of aromatic nitrogens is 3. The minimum absolute atomic E-state index is 0.206. The van der Waals surface area contributed by atoms with Gasteiger partial charge in [0.1, 0.15) is 5.82 Å². The number of carboxylic acids is 1. The number of nitrogens with one attached hydrogen (secondary N) is 1. The number of rotatable bonds is 5. The second-order valence-corrected chi connectivity index (χ2v) is 6.75. The van der Waals surface area contributed by atoms with E-state index in [2.05, 4.69) is 26.1 Å². The predicted octanol–water partition coefficient (Wildman–Crippen LogP) is 3.36. The number of allylic oxidation sites excluding steroid dienone is 3. The van der Waals surface area contributed by atoms with Crippen molar-refractivity contribution >= 4 is 17.6 Å². The quantitative estimate of drug-likeness (QED) is 0.845. The van der Waals surface area contributed by atoms with Crippen LogP contribution in [0.15, 0.2) is 59.1 Å². The number of fused-ring (bicyclic) bond motifs is 1. The standard InChI is InChI=1S/C19H17ClN4O2/c20-15-2-1-13-10-24(11-14(13)7-15)6-4-18-22-9-17(23-18)16-8-12(19(25)26)3-5-21-16/h2-3,5,7-10H,1,4,6,11H2,(H,22,23)(H,25,26). The predicted molar refractivity (Wildman–Crippen MR) is 98.8 cm³/mol. The Morgan fingerprint density at radius 3 is 3.08 bits per heavy atom. The molecule has 2 aromatic heterocycles. The molecule has 3 heterocycles. The summed E-state index contributed by atoms with van der Waals surface area (Å²) in [7, 11) is 0. The molecule has 1 aliphatic carbocycles. The summed E-state index contributed by atoms with van der Waals surface area (Å²) < 4.78 is 0. The van der Waals surface area contributed by atoms with Crippen molar-refractivity contribution in [1.29, 1.82) is 0 Å². The highest BCUT2D eigenvalue weighted by atomic mass is 35.5. The maximum absolute atomic E-state index is 11.1. The van der Waals surface area contributed by atoms with E-state index in [0.717, 1.165) is 42.5 Å². The van der Waals surface area contributed by atoms with Crippen LogP contribution in [0.25, 0.3) is 11.4 Å². The molecule has 26 heavy (non-hydrogen) atoms. The molecule has 7 heteroatoms. The fourth-order valence-corrected chi connectivity index (χ4v) is 3.36. The van der Waals surface area contributed by atoms with E-state index in [1.165, 1.54) is 23.4 Å². The third-order valence-electron chi connectivity index (χ3n) is 4.50. The summed E-state index contributed by atoms with van der Waals surface area (Å²) in [5.74, 6) is -0.123. The summed E-state index contributed by atoms with van der Waals surface area (Å²) in [4.78, 5) is 25.2. The molecule has 0 unspecified atom stereocenters. The van der Waals surface area contributed by atoms with Gasteiger partial charge in [-0.2, -0.15) is 0 Å². The van der Waals surface area contributed by atoms with E-state index in [0.29, 0.717) is 5.69 Å². The van der Waals surface area contributed by atoms with E-state index in [1.807, 2.05) is 12.2 Å². The van der Waals surface area contributed by atoms with Crippen molar-refractivity contribution in [3.8, 4) is 11.4 Å². The van der Waals surface area contributed by atoms with Crippen molar-refractivity contribution in [2.75, 3.05) is 13.1 Å². The lowest BCUT2D eigenvalue weighted by atomic mass is 10.0. The Kier molecular flexibility index (Phi) is 4.34. The van der Waals surface area contributed by atoms with Gasteiger partial charge in [0.05, 0.1) is 23.1 Å². The topological polar surface area (TPSA) is 82.1 Å². The Morgan fingerprint density at radius 2 is 2.23 bits per heavy atom. The van der Waals surface area contributed by atoms with Crippen LogP contribution in [0.3, 0.4) is 0 Å². The molecule has 4 rings (SSSR count). The highest BCUT2D eigenvalue weighted by molar-refractivity contribution is 6.31. The second kappa shape index (κ2) is 6.80. The number of pyridine rings is 1.